The van der Waals surface area contributed by atoms with Crippen molar-refractivity contribution in [3.8, 4) is 5.75 Å². The molecule has 0 heterocycles. The SMILES string of the molecule is CC(Cl)C(S)NC(=O)Oc1ccc(F)cc1. The lowest BCUT2D eigenvalue weighted by Crippen LogP contribution is -2.37. The second kappa shape index (κ2) is 5.96. The normalized spacial score (nSPS) is 14.0. The number of halogens is 2. The van der Waals surface area contributed by atoms with Crippen molar-refractivity contribution in [3.05, 3.63) is 30.1 Å². The maximum absolute atomic E-state index is 12.6. The van der Waals surface area contributed by atoms with Gasteiger partial charge in [-0.3, -0.25) is 0 Å². The number of rotatable bonds is 3. The Bertz CT molecular complexity index is 358. The van der Waals surface area contributed by atoms with Crippen molar-refractivity contribution < 1.29 is 13.9 Å². The summed E-state index contributed by atoms with van der Waals surface area (Å²) in [5, 5.41) is 1.59. The van der Waals surface area contributed by atoms with Gasteiger partial charge in [0.05, 0.1) is 10.8 Å². The van der Waals surface area contributed by atoms with E-state index in [1.54, 1.807) is 6.92 Å². The molecular formula is C10H11ClFNO2S. The number of carbonyl (C=O) groups is 1. The molecule has 2 atom stereocenters. The zero-order chi connectivity index (χ0) is 12.1. The highest BCUT2D eigenvalue weighted by atomic mass is 35.5. The topological polar surface area (TPSA) is 38.3 Å². The van der Waals surface area contributed by atoms with Gasteiger partial charge in [-0.1, -0.05) is 0 Å². The molecule has 88 valence electrons. The average molecular weight is 264 g/mol. The highest BCUT2D eigenvalue weighted by molar-refractivity contribution is 7.81. The molecular weight excluding hydrogens is 253 g/mol. The molecule has 6 heteroatoms. The second-order valence-corrected chi connectivity index (χ2v) is 4.35. The van der Waals surface area contributed by atoms with Crippen LogP contribution in [-0.2, 0) is 0 Å². The van der Waals surface area contributed by atoms with Crippen molar-refractivity contribution in [1.29, 1.82) is 0 Å². The van der Waals surface area contributed by atoms with E-state index in [0.29, 0.717) is 0 Å². The first kappa shape index (κ1) is 13.1. The molecule has 1 amide bonds. The van der Waals surface area contributed by atoms with Crippen molar-refractivity contribution >= 4 is 30.3 Å². The van der Waals surface area contributed by atoms with Crippen LogP contribution in [0.3, 0.4) is 0 Å². The molecule has 16 heavy (non-hydrogen) atoms. The molecule has 1 rings (SSSR count). The Hall–Kier alpha value is -0.940. The van der Waals surface area contributed by atoms with Gasteiger partial charge in [-0.15, -0.1) is 11.6 Å². The largest absolute Gasteiger partial charge is 0.413 e. The van der Waals surface area contributed by atoms with Crippen molar-refractivity contribution in [3.63, 3.8) is 0 Å². The average Bonchev–Trinajstić information content (AvgIpc) is 2.21. The van der Waals surface area contributed by atoms with Crippen molar-refractivity contribution in [2.45, 2.75) is 17.7 Å². The fourth-order valence-electron chi connectivity index (χ4n) is 0.875. The van der Waals surface area contributed by atoms with Crippen molar-refractivity contribution in [2.24, 2.45) is 0 Å². The third-order valence-electron chi connectivity index (χ3n) is 1.72. The number of ether oxygens (including phenoxy) is 1. The Morgan fingerprint density at radius 1 is 1.50 bits per heavy atom. The number of hydrogen-bond acceptors (Lipinski definition) is 3. The molecule has 0 bridgehead atoms. The zero-order valence-electron chi connectivity index (χ0n) is 8.48. The minimum atomic E-state index is -0.681. The molecule has 0 fully saturated rings. The van der Waals surface area contributed by atoms with Crippen LogP contribution < -0.4 is 10.1 Å². The number of alkyl halides is 1. The van der Waals surface area contributed by atoms with E-state index in [0.717, 1.165) is 0 Å². The predicted molar refractivity (Wildman–Crippen MR) is 63.6 cm³/mol. The minimum Gasteiger partial charge on any atom is -0.410 e. The Morgan fingerprint density at radius 2 is 2.06 bits per heavy atom. The number of carbonyl (C=O) groups excluding carboxylic acids is 1. The van der Waals surface area contributed by atoms with Crippen LogP contribution in [0.1, 0.15) is 6.92 Å². The number of nitrogens with one attached hydrogen (secondary N) is 1. The van der Waals surface area contributed by atoms with Crippen LogP contribution in [0.5, 0.6) is 5.75 Å². The van der Waals surface area contributed by atoms with Gasteiger partial charge in [0.25, 0.3) is 0 Å². The van der Waals surface area contributed by atoms with Gasteiger partial charge < -0.3 is 10.1 Å². The zero-order valence-corrected chi connectivity index (χ0v) is 10.1. The van der Waals surface area contributed by atoms with Gasteiger partial charge in [-0.25, -0.2) is 9.18 Å². The highest BCUT2D eigenvalue weighted by Gasteiger charge is 2.14. The standard InChI is InChI=1S/C10H11ClFNO2S/c1-6(11)9(16)13-10(14)15-8-4-2-7(12)3-5-8/h2-6,9,16H,1H3,(H,13,14). The summed E-state index contributed by atoms with van der Waals surface area (Å²) in [6.07, 6.45) is -0.681. The van der Waals surface area contributed by atoms with Gasteiger partial charge in [0.15, 0.2) is 0 Å². The molecule has 0 aliphatic carbocycles. The molecule has 0 radical (unpaired) electrons. The van der Waals surface area contributed by atoms with Crippen LogP contribution in [0.4, 0.5) is 9.18 Å². The summed E-state index contributed by atoms with van der Waals surface area (Å²) in [7, 11) is 0. The van der Waals surface area contributed by atoms with Gasteiger partial charge in [-0.05, 0) is 31.2 Å². The van der Waals surface area contributed by atoms with Crippen LogP contribution in [0.15, 0.2) is 24.3 Å². The molecule has 1 aromatic rings. The van der Waals surface area contributed by atoms with E-state index in [1.807, 2.05) is 0 Å². The lowest BCUT2D eigenvalue weighted by molar-refractivity contribution is 0.199. The molecule has 1 N–H and O–H groups in total. The lowest BCUT2D eigenvalue weighted by atomic mass is 10.3. The van der Waals surface area contributed by atoms with Gasteiger partial charge in [0.1, 0.15) is 11.6 Å². The number of benzene rings is 1. The number of amides is 1. The van der Waals surface area contributed by atoms with E-state index >= 15 is 0 Å². The van der Waals surface area contributed by atoms with Gasteiger partial charge in [0.2, 0.25) is 0 Å². The summed E-state index contributed by atoms with van der Waals surface area (Å²) in [5.41, 5.74) is 0. The molecule has 0 saturated carbocycles. The lowest BCUT2D eigenvalue weighted by Gasteiger charge is -2.14. The second-order valence-electron chi connectivity index (χ2n) is 3.11. The van der Waals surface area contributed by atoms with Gasteiger partial charge in [-0.2, -0.15) is 12.6 Å². The summed E-state index contributed by atoms with van der Waals surface area (Å²) in [6.45, 7) is 1.69. The molecule has 0 aliphatic rings. The third-order valence-corrected chi connectivity index (χ3v) is 2.73. The molecule has 2 unspecified atom stereocenters. The van der Waals surface area contributed by atoms with Crippen LogP contribution in [0.2, 0.25) is 0 Å². The highest BCUT2D eigenvalue weighted by Crippen LogP contribution is 2.12. The van der Waals surface area contributed by atoms with E-state index in [2.05, 4.69) is 17.9 Å². The van der Waals surface area contributed by atoms with Crippen LogP contribution in [0.25, 0.3) is 0 Å². The van der Waals surface area contributed by atoms with Crippen LogP contribution >= 0.6 is 24.2 Å². The Balaban J connectivity index is 2.48. The summed E-state index contributed by atoms with van der Waals surface area (Å²) >= 11 is 9.74. The fourth-order valence-corrected chi connectivity index (χ4v) is 1.04. The van der Waals surface area contributed by atoms with Gasteiger partial charge >= 0.3 is 6.09 Å². The van der Waals surface area contributed by atoms with Gasteiger partial charge in [0, 0.05) is 0 Å². The van der Waals surface area contributed by atoms with E-state index < -0.39 is 17.3 Å². The van der Waals surface area contributed by atoms with Crippen molar-refractivity contribution in [2.75, 3.05) is 0 Å². The molecule has 0 saturated heterocycles. The fraction of sp³-hybridized carbons (Fsp3) is 0.300. The summed E-state index contributed by atoms with van der Waals surface area (Å²) in [4.78, 5) is 11.3. The number of thiol groups is 1. The number of hydrogen-bond donors (Lipinski definition) is 2. The Morgan fingerprint density at radius 3 is 2.56 bits per heavy atom. The predicted octanol–water partition coefficient (Wildman–Crippen LogP) is 2.80. The first-order valence-electron chi connectivity index (χ1n) is 4.55. The van der Waals surface area contributed by atoms with Crippen molar-refractivity contribution in [1.82, 2.24) is 5.32 Å². The first-order valence-corrected chi connectivity index (χ1v) is 5.50. The molecule has 0 aromatic heterocycles. The minimum absolute atomic E-state index is 0.252. The molecule has 3 nitrogen and oxygen atoms in total. The Labute approximate surface area is 103 Å². The van der Waals surface area contributed by atoms with E-state index in [9.17, 15) is 9.18 Å². The molecule has 0 spiro atoms. The van der Waals surface area contributed by atoms with Crippen LogP contribution in [0, 0.1) is 5.82 Å². The van der Waals surface area contributed by atoms with E-state index in [1.165, 1.54) is 24.3 Å². The van der Waals surface area contributed by atoms with Crippen LogP contribution in [-0.4, -0.2) is 16.8 Å². The summed E-state index contributed by atoms with van der Waals surface area (Å²) in [5.74, 6) is -0.143. The monoisotopic (exact) mass is 263 g/mol. The third kappa shape index (κ3) is 4.28. The smallest absolute Gasteiger partial charge is 0.410 e. The molecule has 1 aromatic carbocycles. The van der Waals surface area contributed by atoms with E-state index in [4.69, 9.17) is 16.3 Å². The Kier molecular flexibility index (Phi) is 4.89. The maximum Gasteiger partial charge on any atom is 0.413 e. The summed E-state index contributed by atoms with van der Waals surface area (Å²) in [6, 6.07) is 5.11. The quantitative estimate of drug-likeness (QED) is 0.500. The maximum atomic E-state index is 12.6. The first-order chi connectivity index (χ1) is 7.49. The summed E-state index contributed by atoms with van der Waals surface area (Å²) < 4.78 is 17.4. The molecule has 0 aliphatic heterocycles. The van der Waals surface area contributed by atoms with E-state index in [-0.39, 0.29) is 11.1 Å².